The lowest BCUT2D eigenvalue weighted by atomic mass is 9.96. The summed E-state index contributed by atoms with van der Waals surface area (Å²) >= 11 is 9.45. The van der Waals surface area contributed by atoms with Crippen molar-refractivity contribution in [2.24, 2.45) is 5.92 Å². The molecule has 1 nitrogen and oxygen atoms in total. The Balaban J connectivity index is 2.17. The second-order valence-electron chi connectivity index (χ2n) is 4.09. The Morgan fingerprint density at radius 2 is 2.20 bits per heavy atom. The second kappa shape index (κ2) is 4.75. The van der Waals surface area contributed by atoms with Crippen molar-refractivity contribution >= 4 is 33.2 Å². The third kappa shape index (κ3) is 2.31. The van der Waals surface area contributed by atoms with Crippen LogP contribution >= 0.6 is 27.5 Å². The van der Waals surface area contributed by atoms with E-state index in [-0.39, 0.29) is 0 Å². The number of hydrogen-bond acceptors (Lipinski definition) is 1. The van der Waals surface area contributed by atoms with E-state index in [1.807, 2.05) is 0 Å². The minimum atomic E-state index is 0.593. The molecular weight excluding hydrogens is 273 g/mol. The van der Waals surface area contributed by atoms with Crippen molar-refractivity contribution in [3.63, 3.8) is 0 Å². The fraction of sp³-hybridized carbons (Fsp3) is 0.500. The molecule has 1 aromatic carbocycles. The highest BCUT2D eigenvalue weighted by molar-refractivity contribution is 9.10. The first-order valence-corrected chi connectivity index (χ1v) is 6.66. The fourth-order valence-corrected chi connectivity index (χ4v) is 2.54. The van der Waals surface area contributed by atoms with Crippen molar-refractivity contribution in [2.45, 2.75) is 19.2 Å². The predicted molar refractivity (Wildman–Crippen MR) is 69.7 cm³/mol. The largest absolute Gasteiger partial charge is 0.371 e. The third-order valence-corrected chi connectivity index (χ3v) is 3.85. The molecule has 1 aromatic rings. The van der Waals surface area contributed by atoms with E-state index in [0.29, 0.717) is 5.88 Å². The van der Waals surface area contributed by atoms with Crippen molar-refractivity contribution in [2.75, 3.05) is 18.0 Å². The number of halogens is 2. The summed E-state index contributed by atoms with van der Waals surface area (Å²) in [4.78, 5) is 2.41. The highest BCUT2D eigenvalue weighted by Crippen LogP contribution is 2.32. The highest BCUT2D eigenvalue weighted by Gasteiger charge is 2.26. The zero-order chi connectivity index (χ0) is 10.8. The summed E-state index contributed by atoms with van der Waals surface area (Å²) in [7, 11) is 0. The number of benzene rings is 1. The van der Waals surface area contributed by atoms with Crippen molar-refractivity contribution < 1.29 is 0 Å². The number of alkyl halides is 1. The van der Waals surface area contributed by atoms with E-state index in [1.54, 1.807) is 0 Å². The first-order valence-electron chi connectivity index (χ1n) is 5.34. The van der Waals surface area contributed by atoms with E-state index in [4.69, 9.17) is 11.6 Å². The fourth-order valence-electron chi connectivity index (χ4n) is 1.97. The van der Waals surface area contributed by atoms with E-state index in [2.05, 4.69) is 46.0 Å². The van der Waals surface area contributed by atoms with Crippen LogP contribution in [0.3, 0.4) is 0 Å². The van der Waals surface area contributed by atoms with Crippen LogP contribution in [0.15, 0.2) is 22.7 Å². The summed E-state index contributed by atoms with van der Waals surface area (Å²) in [5.74, 6) is 1.46. The quantitative estimate of drug-likeness (QED) is 0.759. The van der Waals surface area contributed by atoms with Gasteiger partial charge in [-0.25, -0.2) is 0 Å². The first kappa shape index (κ1) is 11.3. The molecule has 0 radical (unpaired) electrons. The lowest BCUT2D eigenvalue weighted by Gasteiger charge is -2.41. The van der Waals surface area contributed by atoms with Crippen LogP contribution in [0.5, 0.6) is 0 Å². The molecule has 2 rings (SSSR count). The third-order valence-electron chi connectivity index (χ3n) is 3.07. The number of rotatable bonds is 3. The molecule has 1 saturated heterocycles. The Morgan fingerprint density at radius 1 is 1.47 bits per heavy atom. The Labute approximate surface area is 105 Å². The van der Waals surface area contributed by atoms with Crippen molar-refractivity contribution in [3.05, 3.63) is 28.2 Å². The lowest BCUT2D eigenvalue weighted by Crippen LogP contribution is -2.46. The molecule has 3 heteroatoms. The predicted octanol–water partition coefficient (Wildman–Crippen LogP) is 4.03. The monoisotopic (exact) mass is 287 g/mol. The number of anilines is 1. The van der Waals surface area contributed by atoms with Crippen LogP contribution in [0.2, 0.25) is 0 Å². The summed E-state index contributed by atoms with van der Waals surface area (Å²) < 4.78 is 1.13. The van der Waals surface area contributed by atoms with Gasteiger partial charge in [0.1, 0.15) is 0 Å². The number of hydrogen-bond donors (Lipinski definition) is 0. The molecule has 0 saturated carbocycles. The molecule has 0 N–H and O–H groups in total. The Bertz CT molecular complexity index is 347. The molecule has 1 fully saturated rings. The summed E-state index contributed by atoms with van der Waals surface area (Å²) in [5.41, 5.74) is 2.53. The topological polar surface area (TPSA) is 3.24 Å². The van der Waals surface area contributed by atoms with Crippen LogP contribution in [0.25, 0.3) is 0 Å². The molecule has 0 bridgehead atoms. The van der Waals surface area contributed by atoms with Gasteiger partial charge in [0.15, 0.2) is 0 Å². The van der Waals surface area contributed by atoms with Crippen molar-refractivity contribution in [1.29, 1.82) is 0 Å². The average molecular weight is 289 g/mol. The molecule has 1 heterocycles. The van der Waals surface area contributed by atoms with E-state index < -0.39 is 0 Å². The van der Waals surface area contributed by atoms with Crippen molar-refractivity contribution in [1.82, 2.24) is 0 Å². The van der Waals surface area contributed by atoms with E-state index >= 15 is 0 Å². The minimum absolute atomic E-state index is 0.593. The van der Waals surface area contributed by atoms with Gasteiger partial charge in [-0.2, -0.15) is 0 Å². The van der Waals surface area contributed by atoms with Crippen LogP contribution in [-0.4, -0.2) is 13.1 Å². The van der Waals surface area contributed by atoms with E-state index in [0.717, 1.165) is 10.4 Å². The van der Waals surface area contributed by atoms with Crippen molar-refractivity contribution in [3.8, 4) is 0 Å². The van der Waals surface area contributed by atoms with Crippen LogP contribution in [0, 0.1) is 5.92 Å². The normalized spacial score (nSPS) is 16.6. The lowest BCUT2D eigenvalue weighted by molar-refractivity contribution is 0.398. The van der Waals surface area contributed by atoms with Gasteiger partial charge in [0.05, 0.1) is 0 Å². The van der Waals surface area contributed by atoms with Gasteiger partial charge >= 0.3 is 0 Å². The Hall–Kier alpha value is -0.210. The van der Waals surface area contributed by atoms with Crippen LogP contribution in [0.4, 0.5) is 5.69 Å². The summed E-state index contributed by atoms with van der Waals surface area (Å²) in [6.07, 6.45) is 1.28. The van der Waals surface area contributed by atoms with E-state index in [1.165, 1.54) is 30.8 Å². The van der Waals surface area contributed by atoms with Gasteiger partial charge in [-0.1, -0.05) is 28.9 Å². The molecule has 1 aliphatic heterocycles. The molecule has 0 spiro atoms. The maximum absolute atomic E-state index is 5.94. The summed E-state index contributed by atoms with van der Waals surface area (Å²) in [5, 5.41) is 0. The zero-order valence-electron chi connectivity index (χ0n) is 8.84. The van der Waals surface area contributed by atoms with Crippen LogP contribution in [-0.2, 0) is 5.88 Å². The average Bonchev–Trinajstić information content (AvgIpc) is 2.16. The molecule has 0 atom stereocenters. The first-order chi connectivity index (χ1) is 7.24. The summed E-state index contributed by atoms with van der Waals surface area (Å²) in [6, 6.07) is 6.33. The number of nitrogens with zero attached hydrogens (tertiary/aromatic N) is 1. The molecule has 0 aliphatic carbocycles. The highest BCUT2D eigenvalue weighted by atomic mass is 79.9. The van der Waals surface area contributed by atoms with Gasteiger partial charge in [0.25, 0.3) is 0 Å². The maximum atomic E-state index is 5.94. The van der Waals surface area contributed by atoms with Gasteiger partial charge in [0.2, 0.25) is 0 Å². The molecule has 15 heavy (non-hydrogen) atoms. The molecule has 1 aliphatic rings. The molecule has 0 aromatic heterocycles. The standard InChI is InChI=1S/C12H15BrClN/c1-2-9-7-15(8-9)12-5-11(13)4-3-10(12)6-14/h3-5,9H,2,6-8H2,1H3. The van der Waals surface area contributed by atoms with Gasteiger partial charge in [0, 0.05) is 29.1 Å². The van der Waals surface area contributed by atoms with Crippen LogP contribution in [0.1, 0.15) is 18.9 Å². The van der Waals surface area contributed by atoms with E-state index in [9.17, 15) is 0 Å². The molecule has 0 unspecified atom stereocenters. The second-order valence-corrected chi connectivity index (χ2v) is 5.27. The maximum Gasteiger partial charge on any atom is 0.0494 e. The minimum Gasteiger partial charge on any atom is -0.371 e. The van der Waals surface area contributed by atoms with Gasteiger partial charge in [-0.3, -0.25) is 0 Å². The molecule has 82 valence electrons. The smallest absolute Gasteiger partial charge is 0.0494 e. The van der Waals surface area contributed by atoms with Gasteiger partial charge < -0.3 is 4.90 Å². The van der Waals surface area contributed by atoms with Gasteiger partial charge in [-0.05, 0) is 30.0 Å². The molecule has 0 amide bonds. The Kier molecular flexibility index (Phi) is 3.57. The summed E-state index contributed by atoms with van der Waals surface area (Å²) in [6.45, 7) is 4.61. The van der Waals surface area contributed by atoms with Gasteiger partial charge in [-0.15, -0.1) is 11.6 Å². The van der Waals surface area contributed by atoms with Crippen LogP contribution < -0.4 is 4.90 Å². The zero-order valence-corrected chi connectivity index (χ0v) is 11.2. The molecular formula is C12H15BrClN. The Morgan fingerprint density at radius 3 is 2.80 bits per heavy atom. The SMILES string of the molecule is CCC1CN(c2cc(Br)ccc2CCl)C1.